The molecule has 318 valence electrons. The molecule has 5 heterocycles. The Hall–Kier alpha value is -3.46. The lowest BCUT2D eigenvalue weighted by Crippen LogP contribution is -2.59. The first-order chi connectivity index (χ1) is 26.9. The quantitative estimate of drug-likeness (QED) is 0.157. The summed E-state index contributed by atoms with van der Waals surface area (Å²) in [5, 5.41) is 11.5. The number of esters is 1. The number of nitrogens with zero attached hydrogens (tertiary/aromatic N) is 4. The maximum atomic E-state index is 14.8. The average molecular weight is 799 g/mol. The number of ketones is 2. The number of imidazole rings is 1. The number of unbranched alkanes of at least 4 members (excludes halogenated alkanes) is 1. The Morgan fingerprint density at radius 2 is 1.72 bits per heavy atom. The molecule has 2 unspecified atom stereocenters. The fourth-order valence-electron chi connectivity index (χ4n) is 9.70. The zero-order chi connectivity index (χ0) is 42.0. The van der Waals surface area contributed by atoms with E-state index in [4.69, 9.17) is 23.7 Å². The normalized spacial score (nSPS) is 37.3. The van der Waals surface area contributed by atoms with E-state index in [1.54, 1.807) is 44.4 Å². The van der Waals surface area contributed by atoms with Crippen molar-refractivity contribution >= 4 is 34.7 Å². The van der Waals surface area contributed by atoms with Crippen LogP contribution in [0.25, 0.3) is 11.0 Å². The van der Waals surface area contributed by atoms with Crippen molar-refractivity contribution in [2.75, 3.05) is 13.7 Å². The highest BCUT2D eigenvalue weighted by Crippen LogP contribution is 2.44. The second kappa shape index (κ2) is 18.2. The number of fused-ring (bicyclic) bond motifs is 2. The van der Waals surface area contributed by atoms with Gasteiger partial charge in [-0.1, -0.05) is 48.0 Å². The van der Waals surface area contributed by atoms with E-state index in [1.165, 1.54) is 14.0 Å². The fraction of sp³-hybridized carbons (Fsp3) is 0.767. The Labute approximate surface area is 337 Å². The number of hydrogen-bond acceptors (Lipinski definition) is 12. The van der Waals surface area contributed by atoms with Gasteiger partial charge in [0.25, 0.3) is 0 Å². The molecule has 1 N–H and O–H groups in total. The van der Waals surface area contributed by atoms with Crippen molar-refractivity contribution in [1.82, 2.24) is 19.4 Å². The summed E-state index contributed by atoms with van der Waals surface area (Å²) < 4.78 is 33.5. The van der Waals surface area contributed by atoms with Crippen LogP contribution in [0.2, 0.25) is 0 Å². The Bertz CT molecular complexity index is 1730. The largest absolute Gasteiger partial charge is 0.457 e. The molecule has 2 aromatic heterocycles. The molecule has 0 bridgehead atoms. The zero-order valence-corrected chi connectivity index (χ0v) is 35.8. The van der Waals surface area contributed by atoms with Crippen LogP contribution in [0.4, 0.5) is 4.79 Å². The maximum absolute atomic E-state index is 14.8. The van der Waals surface area contributed by atoms with Gasteiger partial charge < -0.3 is 38.3 Å². The Morgan fingerprint density at radius 3 is 2.39 bits per heavy atom. The van der Waals surface area contributed by atoms with Crippen LogP contribution in [-0.4, -0.2) is 110 Å². The topological polar surface area (TPSA) is 169 Å². The van der Waals surface area contributed by atoms with Crippen LogP contribution >= 0.6 is 0 Å². The Morgan fingerprint density at radius 1 is 1.02 bits per heavy atom. The van der Waals surface area contributed by atoms with E-state index < -0.39 is 83.4 Å². The minimum Gasteiger partial charge on any atom is -0.457 e. The predicted octanol–water partition coefficient (Wildman–Crippen LogP) is 6.15. The summed E-state index contributed by atoms with van der Waals surface area (Å²) in [6, 6.07) is 1.14. The molecule has 0 aromatic carbocycles. The van der Waals surface area contributed by atoms with E-state index in [9.17, 15) is 24.3 Å². The number of hydrogen-bond donors (Lipinski definition) is 1. The summed E-state index contributed by atoms with van der Waals surface area (Å²) in [4.78, 5) is 67.3. The van der Waals surface area contributed by atoms with E-state index >= 15 is 0 Å². The molecular weight excluding hydrogens is 732 g/mol. The smallest absolute Gasteiger partial charge is 0.410 e. The highest BCUT2D eigenvalue weighted by molar-refractivity contribution is 6.00. The third-order valence-corrected chi connectivity index (χ3v) is 13.1. The average Bonchev–Trinajstić information content (AvgIpc) is 3.71. The number of amides is 1. The second-order valence-corrected chi connectivity index (χ2v) is 17.6. The zero-order valence-electron chi connectivity index (χ0n) is 35.8. The number of aromatic nitrogens is 3. The van der Waals surface area contributed by atoms with Crippen LogP contribution in [0.15, 0.2) is 24.8 Å². The lowest BCUT2D eigenvalue weighted by Gasteiger charge is -2.47. The van der Waals surface area contributed by atoms with Gasteiger partial charge in [-0.2, -0.15) is 0 Å². The summed E-state index contributed by atoms with van der Waals surface area (Å²) in [7, 11) is 1.51. The lowest BCUT2D eigenvalue weighted by molar-refractivity contribution is -0.299. The summed E-state index contributed by atoms with van der Waals surface area (Å²) in [5.41, 5.74) is -0.872. The van der Waals surface area contributed by atoms with Gasteiger partial charge in [-0.25, -0.2) is 9.78 Å². The molecule has 5 rings (SSSR count). The highest BCUT2D eigenvalue weighted by Gasteiger charge is 2.60. The van der Waals surface area contributed by atoms with E-state index in [0.29, 0.717) is 45.2 Å². The molecule has 14 nitrogen and oxygen atoms in total. The summed E-state index contributed by atoms with van der Waals surface area (Å²) in [6.07, 6.45) is 3.47. The van der Waals surface area contributed by atoms with Crippen molar-refractivity contribution in [1.29, 1.82) is 0 Å². The van der Waals surface area contributed by atoms with Gasteiger partial charge in [0.2, 0.25) is 0 Å². The van der Waals surface area contributed by atoms with Crippen molar-refractivity contribution in [2.45, 2.75) is 162 Å². The van der Waals surface area contributed by atoms with E-state index in [2.05, 4.69) is 9.97 Å². The number of Topliss-reactive ketones (excluding diaryl/α,β-unsaturated/α-hetero) is 2. The third kappa shape index (κ3) is 9.08. The predicted molar refractivity (Wildman–Crippen MR) is 212 cm³/mol. The van der Waals surface area contributed by atoms with Crippen LogP contribution in [-0.2, 0) is 44.6 Å². The molecule has 3 fully saturated rings. The molecule has 3 saturated heterocycles. The number of aliphatic hydroxyl groups excluding tert-OH is 1. The summed E-state index contributed by atoms with van der Waals surface area (Å²) in [6.45, 7) is 19.3. The number of carbonyl (C=O) groups excluding carboxylic acids is 4. The number of cyclic esters (lactones) is 1. The van der Waals surface area contributed by atoms with Gasteiger partial charge in [0.15, 0.2) is 17.7 Å². The summed E-state index contributed by atoms with van der Waals surface area (Å²) in [5.74, 6) is -4.82. The standard InChI is InChI=1S/C43H66N4O10/c1-12-15-33-43(10)37(47(41(52)57-43)19-14-13-18-46-23-45-31-22-44-17-16-32(31)46)27(6)34(48)25(4)21-42(9,53-11)38(28(7)35(49)29(8)39(51)55-33)56-40-36(50)30(24(2)3)20-26(5)54-40/h16-17,22-30,33,36-38,40,50H,12-15,18-21H2,1-11H3/t25-,26-,27-,28+,29-,30-,33?,36-,37+,38?,40+,42-,43-/m1/s1. The van der Waals surface area contributed by atoms with Crippen molar-refractivity contribution < 1.29 is 48.0 Å². The monoisotopic (exact) mass is 798 g/mol. The minimum atomic E-state index is -1.39. The SMILES string of the molecule is CCCC1OC(=O)[C@H](C)C(=O)[C@H](C)C(O[C@@H]2O[C@H](C)C[C@H](C(C)C)[C@H]2O)[C@](C)(OC)C[C@@H](C)C(=O)[C@@H](C)[C@@H]2N(CCCCn3cnc4cnccc43)C(=O)O[C@]12C. The van der Waals surface area contributed by atoms with Gasteiger partial charge in [-0.05, 0) is 77.7 Å². The molecular formula is C43H66N4O10. The summed E-state index contributed by atoms with van der Waals surface area (Å²) >= 11 is 0. The first-order valence-electron chi connectivity index (χ1n) is 20.9. The number of aryl methyl sites for hydroxylation is 1. The molecule has 3 aliphatic rings. The van der Waals surface area contributed by atoms with Crippen LogP contribution in [0, 0.1) is 35.5 Å². The van der Waals surface area contributed by atoms with Crippen molar-refractivity contribution in [3.8, 4) is 0 Å². The van der Waals surface area contributed by atoms with Crippen LogP contribution in [0.3, 0.4) is 0 Å². The second-order valence-electron chi connectivity index (χ2n) is 17.6. The van der Waals surface area contributed by atoms with Gasteiger partial charge in [0, 0.05) is 44.1 Å². The number of ether oxygens (including phenoxy) is 5. The number of methoxy groups -OCH3 is 1. The Balaban J connectivity index is 1.48. The van der Waals surface area contributed by atoms with Gasteiger partial charge >= 0.3 is 12.1 Å². The molecule has 13 atom stereocenters. The number of pyridine rings is 1. The molecule has 0 spiro atoms. The first kappa shape index (κ1) is 44.6. The van der Waals surface area contributed by atoms with Gasteiger partial charge in [-0.3, -0.25) is 19.4 Å². The minimum absolute atomic E-state index is 0.111. The van der Waals surface area contributed by atoms with Gasteiger partial charge in [-0.15, -0.1) is 0 Å². The van der Waals surface area contributed by atoms with E-state index in [-0.39, 0.29) is 30.1 Å². The molecule has 57 heavy (non-hydrogen) atoms. The molecule has 14 heteroatoms. The molecule has 1 amide bonds. The molecule has 2 aromatic rings. The van der Waals surface area contributed by atoms with Crippen LogP contribution in [0.5, 0.6) is 0 Å². The first-order valence-corrected chi connectivity index (χ1v) is 20.9. The molecule has 0 radical (unpaired) electrons. The van der Waals surface area contributed by atoms with Gasteiger partial charge in [0.05, 0.1) is 41.9 Å². The van der Waals surface area contributed by atoms with Crippen LogP contribution < -0.4 is 0 Å². The van der Waals surface area contributed by atoms with Crippen molar-refractivity contribution in [2.24, 2.45) is 35.5 Å². The van der Waals surface area contributed by atoms with E-state index in [0.717, 1.165) is 11.0 Å². The Kier molecular flexibility index (Phi) is 14.3. The fourth-order valence-corrected chi connectivity index (χ4v) is 9.70. The van der Waals surface area contributed by atoms with E-state index in [1.807, 2.05) is 52.2 Å². The third-order valence-electron chi connectivity index (χ3n) is 13.1. The number of carbonyl (C=O) groups is 4. The van der Waals surface area contributed by atoms with Gasteiger partial charge in [0.1, 0.15) is 29.4 Å². The molecule has 0 saturated carbocycles. The number of rotatable bonds is 11. The van der Waals surface area contributed by atoms with Crippen molar-refractivity contribution in [3.05, 3.63) is 24.8 Å². The maximum Gasteiger partial charge on any atom is 0.410 e. The lowest BCUT2D eigenvalue weighted by atomic mass is 9.73. The van der Waals surface area contributed by atoms with Crippen LogP contribution in [0.1, 0.15) is 108 Å². The highest BCUT2D eigenvalue weighted by atomic mass is 16.7. The number of aliphatic hydroxyl groups is 1. The molecule has 0 aliphatic carbocycles. The van der Waals surface area contributed by atoms with Crippen molar-refractivity contribution in [3.63, 3.8) is 0 Å². The molecule has 3 aliphatic heterocycles.